The minimum Gasteiger partial charge on any atom is -0.282 e. The van der Waals surface area contributed by atoms with Gasteiger partial charge in [-0.1, -0.05) is 62.4 Å². The Morgan fingerprint density at radius 2 is 1.21 bits per heavy atom. The van der Waals surface area contributed by atoms with Gasteiger partial charge in [0, 0.05) is 33.5 Å². The molecule has 0 saturated carbocycles. The van der Waals surface area contributed by atoms with E-state index in [1.807, 2.05) is 0 Å². The van der Waals surface area contributed by atoms with Gasteiger partial charge in [-0.05, 0) is 25.0 Å². The predicted octanol–water partition coefficient (Wildman–Crippen LogP) is 6.57. The third kappa shape index (κ3) is 10.3. The van der Waals surface area contributed by atoms with Crippen LogP contribution in [0, 0.1) is 0 Å². The van der Waals surface area contributed by atoms with Gasteiger partial charge in [-0.15, -0.1) is 47.0 Å². The highest BCUT2D eigenvalue weighted by Crippen LogP contribution is 2.43. The van der Waals surface area contributed by atoms with Crippen LogP contribution in [-0.2, 0) is 9.59 Å². The van der Waals surface area contributed by atoms with Crippen LogP contribution in [-0.4, -0.2) is 52.9 Å². The highest BCUT2D eigenvalue weighted by atomic mass is 32.2. The first-order valence-corrected chi connectivity index (χ1v) is 15.7. The molecule has 0 aromatic rings. The van der Waals surface area contributed by atoms with Gasteiger partial charge in [0.25, 0.3) is 0 Å². The van der Waals surface area contributed by atoms with Crippen molar-refractivity contribution in [1.29, 1.82) is 0 Å². The van der Waals surface area contributed by atoms with E-state index in [0.717, 1.165) is 20.7 Å². The molecule has 4 atom stereocenters. The highest BCUT2D eigenvalue weighted by Gasteiger charge is 2.27. The first-order valence-electron chi connectivity index (χ1n) is 9.73. The van der Waals surface area contributed by atoms with Gasteiger partial charge < -0.3 is 0 Å². The molecule has 2 aliphatic rings. The molecule has 2 rings (SSSR count). The van der Waals surface area contributed by atoms with Crippen molar-refractivity contribution in [3.8, 4) is 0 Å². The van der Waals surface area contributed by atoms with Crippen molar-refractivity contribution in [3.63, 3.8) is 0 Å². The lowest BCUT2D eigenvalue weighted by molar-refractivity contribution is -0.107. The first kappa shape index (κ1) is 25.2. The Bertz CT molecular complexity index is 481. The molecule has 0 spiro atoms. The van der Waals surface area contributed by atoms with Crippen molar-refractivity contribution in [1.82, 2.24) is 0 Å². The SMILES string of the molecule is C=CC(=O)SCC1CSC(CCCCCCC2SCC(CSC(=O)C=C)S2)S1. The number of rotatable bonds is 13. The number of unbranched alkanes of at least 4 members (excludes halogenated alkanes) is 3. The molecule has 0 amide bonds. The van der Waals surface area contributed by atoms with Crippen molar-refractivity contribution < 1.29 is 9.59 Å². The minimum absolute atomic E-state index is 0.1000. The van der Waals surface area contributed by atoms with Crippen LogP contribution in [0.4, 0.5) is 0 Å². The number of hydrogen-bond donors (Lipinski definition) is 0. The quantitative estimate of drug-likeness (QED) is 0.210. The molecule has 0 bridgehead atoms. The fourth-order valence-corrected chi connectivity index (χ4v) is 11.8. The first-order chi connectivity index (χ1) is 13.6. The second-order valence-electron chi connectivity index (χ2n) is 6.70. The standard InChI is InChI=1S/C20H30O2S6/c1-3-17(21)23-11-15-13-25-19(27-15)9-7-5-6-8-10-20-26-14-16(28-20)12-24-18(22)4-2/h3-4,15-16,19-20H,1-2,5-14H2. The molecule has 4 unspecified atom stereocenters. The van der Waals surface area contributed by atoms with Gasteiger partial charge in [-0.25, -0.2) is 0 Å². The predicted molar refractivity (Wildman–Crippen MR) is 138 cm³/mol. The lowest BCUT2D eigenvalue weighted by Gasteiger charge is -2.11. The lowest BCUT2D eigenvalue weighted by Crippen LogP contribution is -2.06. The Hall–Kier alpha value is 0.920. The molecule has 0 aromatic carbocycles. The van der Waals surface area contributed by atoms with Crippen molar-refractivity contribution in [2.45, 2.75) is 58.2 Å². The van der Waals surface area contributed by atoms with E-state index in [4.69, 9.17) is 0 Å². The third-order valence-electron chi connectivity index (χ3n) is 4.41. The van der Waals surface area contributed by atoms with Gasteiger partial charge in [0.1, 0.15) is 0 Å². The van der Waals surface area contributed by atoms with Crippen molar-refractivity contribution in [2.75, 3.05) is 23.0 Å². The van der Waals surface area contributed by atoms with Crippen molar-refractivity contribution in [2.24, 2.45) is 0 Å². The summed E-state index contributed by atoms with van der Waals surface area (Å²) in [5.74, 6) is 4.22. The zero-order valence-corrected chi connectivity index (χ0v) is 21.1. The summed E-state index contributed by atoms with van der Waals surface area (Å²) in [5, 5.41) is 1.44. The van der Waals surface area contributed by atoms with Crippen molar-refractivity contribution >= 4 is 80.8 Å². The fraction of sp³-hybridized carbons (Fsp3) is 0.700. The van der Waals surface area contributed by atoms with E-state index in [0.29, 0.717) is 10.5 Å². The molecular formula is C20H30O2S6. The second-order valence-corrected chi connectivity index (χ2v) is 14.8. The summed E-state index contributed by atoms with van der Waals surface area (Å²) >= 11 is 11.1. The Morgan fingerprint density at radius 3 is 1.61 bits per heavy atom. The molecule has 158 valence electrons. The zero-order chi connectivity index (χ0) is 20.2. The number of carbonyl (C=O) groups excluding carboxylic acids is 2. The minimum atomic E-state index is 0.1000. The van der Waals surface area contributed by atoms with Gasteiger partial charge in [0.15, 0.2) is 0 Å². The van der Waals surface area contributed by atoms with Gasteiger partial charge >= 0.3 is 0 Å². The fourth-order valence-electron chi connectivity index (χ4n) is 2.94. The molecule has 28 heavy (non-hydrogen) atoms. The van der Waals surface area contributed by atoms with Crippen LogP contribution in [0.15, 0.2) is 25.3 Å². The van der Waals surface area contributed by atoms with Gasteiger partial charge in [0.05, 0.1) is 9.16 Å². The molecule has 0 N–H and O–H groups in total. The summed E-state index contributed by atoms with van der Waals surface area (Å²) in [5.41, 5.74) is 0. The van der Waals surface area contributed by atoms with Gasteiger partial charge in [-0.3, -0.25) is 9.59 Å². The lowest BCUT2D eigenvalue weighted by atomic mass is 10.1. The second kappa shape index (κ2) is 14.8. The highest BCUT2D eigenvalue weighted by molar-refractivity contribution is 8.22. The van der Waals surface area contributed by atoms with Crippen LogP contribution >= 0.6 is 70.6 Å². The zero-order valence-electron chi connectivity index (χ0n) is 16.2. The Labute approximate surface area is 195 Å². The van der Waals surface area contributed by atoms with Crippen LogP contribution < -0.4 is 0 Å². The van der Waals surface area contributed by atoms with E-state index in [1.165, 1.54) is 85.7 Å². The topological polar surface area (TPSA) is 34.1 Å². The van der Waals surface area contributed by atoms with E-state index >= 15 is 0 Å². The van der Waals surface area contributed by atoms with E-state index < -0.39 is 0 Å². The number of hydrogen-bond acceptors (Lipinski definition) is 8. The van der Waals surface area contributed by atoms with Crippen molar-refractivity contribution in [3.05, 3.63) is 25.3 Å². The average molecular weight is 495 g/mol. The molecule has 8 heteroatoms. The maximum Gasteiger partial charge on any atom is 0.211 e. The van der Waals surface area contributed by atoms with Crippen LogP contribution in [0.3, 0.4) is 0 Å². The van der Waals surface area contributed by atoms with Gasteiger partial charge in [-0.2, -0.15) is 0 Å². The summed E-state index contributed by atoms with van der Waals surface area (Å²) in [6.45, 7) is 7.06. The molecule has 0 aliphatic carbocycles. The monoisotopic (exact) mass is 494 g/mol. The van der Waals surface area contributed by atoms with E-state index in [1.54, 1.807) is 0 Å². The van der Waals surface area contributed by atoms with E-state index in [-0.39, 0.29) is 10.2 Å². The van der Waals surface area contributed by atoms with Crippen LogP contribution in [0.2, 0.25) is 0 Å². The molecule has 2 saturated heterocycles. The summed E-state index contributed by atoms with van der Waals surface area (Å²) in [7, 11) is 0. The third-order valence-corrected chi connectivity index (χ3v) is 13.7. The largest absolute Gasteiger partial charge is 0.282 e. The number of thioether (sulfide) groups is 6. The van der Waals surface area contributed by atoms with E-state index in [2.05, 4.69) is 60.2 Å². The summed E-state index contributed by atoms with van der Waals surface area (Å²) < 4.78 is 1.45. The maximum atomic E-state index is 11.3. The number of carbonyl (C=O) groups is 2. The normalized spacial score (nSPS) is 27.0. The molecule has 0 radical (unpaired) electrons. The van der Waals surface area contributed by atoms with Crippen LogP contribution in [0.1, 0.15) is 38.5 Å². The molecule has 2 heterocycles. The molecule has 2 aliphatic heterocycles. The molecule has 2 fully saturated rings. The molecule has 0 aromatic heterocycles. The smallest absolute Gasteiger partial charge is 0.211 e. The summed E-state index contributed by atoms with van der Waals surface area (Å²) in [6.07, 6.45) is 10.8. The maximum absolute atomic E-state index is 11.3. The Balaban J connectivity index is 1.43. The summed E-state index contributed by atoms with van der Waals surface area (Å²) in [6, 6.07) is 0. The van der Waals surface area contributed by atoms with Crippen LogP contribution in [0.25, 0.3) is 0 Å². The van der Waals surface area contributed by atoms with Gasteiger partial charge in [0.2, 0.25) is 10.2 Å². The van der Waals surface area contributed by atoms with E-state index in [9.17, 15) is 9.59 Å². The summed E-state index contributed by atoms with van der Waals surface area (Å²) in [4.78, 5) is 22.6. The van der Waals surface area contributed by atoms with Crippen LogP contribution in [0.5, 0.6) is 0 Å². The average Bonchev–Trinajstić information content (AvgIpc) is 3.36. The molecule has 2 nitrogen and oxygen atoms in total. The Kier molecular flexibility index (Phi) is 13.4. The molecular weight excluding hydrogens is 465 g/mol. The Morgan fingerprint density at radius 1 is 0.786 bits per heavy atom.